The number of rotatable bonds is 4. The number of hydrogen-bond donors (Lipinski definition) is 0. The van der Waals surface area contributed by atoms with Crippen LogP contribution in [-0.2, 0) is 10.2 Å². The normalized spacial score (nSPS) is 16.4. The van der Waals surface area contributed by atoms with E-state index in [1.165, 1.54) is 4.88 Å². The smallest absolute Gasteiger partial charge is 0.258 e. The van der Waals surface area contributed by atoms with Crippen LogP contribution >= 0.6 is 11.3 Å². The van der Waals surface area contributed by atoms with Crippen LogP contribution in [-0.4, -0.2) is 37.9 Å². The van der Waals surface area contributed by atoms with Crippen LogP contribution in [0.3, 0.4) is 0 Å². The van der Waals surface area contributed by atoms with Crippen molar-refractivity contribution in [3.63, 3.8) is 0 Å². The number of hydrogen-bond acceptors (Lipinski definition) is 7. The molecule has 1 aliphatic heterocycles. The molecule has 0 aliphatic carbocycles. The molecule has 1 fully saturated rings. The van der Waals surface area contributed by atoms with Crippen LogP contribution in [0, 0.1) is 0 Å². The van der Waals surface area contributed by atoms with Gasteiger partial charge in [0.2, 0.25) is 0 Å². The zero-order valence-electron chi connectivity index (χ0n) is 14.5. The van der Waals surface area contributed by atoms with Gasteiger partial charge >= 0.3 is 0 Å². The lowest BCUT2D eigenvalue weighted by molar-refractivity contribution is 0.0608. The summed E-state index contributed by atoms with van der Waals surface area (Å²) in [5.74, 6) is 1.98. The van der Waals surface area contributed by atoms with Crippen molar-refractivity contribution < 1.29 is 9.26 Å². The fourth-order valence-corrected chi connectivity index (χ4v) is 4.46. The van der Waals surface area contributed by atoms with E-state index in [9.17, 15) is 0 Å². The highest BCUT2D eigenvalue weighted by Crippen LogP contribution is 2.42. The lowest BCUT2D eigenvalue weighted by Gasteiger charge is -2.33. The fourth-order valence-electron chi connectivity index (χ4n) is 3.47. The van der Waals surface area contributed by atoms with Crippen molar-refractivity contribution in [2.24, 2.45) is 0 Å². The molecule has 0 spiro atoms. The third-order valence-corrected chi connectivity index (χ3v) is 6.03. The summed E-state index contributed by atoms with van der Waals surface area (Å²) in [7, 11) is 0. The van der Waals surface area contributed by atoms with E-state index in [1.807, 2.05) is 22.9 Å². The minimum Gasteiger partial charge on any atom is -0.381 e. The summed E-state index contributed by atoms with van der Waals surface area (Å²) in [6.07, 6.45) is 8.71. The van der Waals surface area contributed by atoms with Crippen molar-refractivity contribution in [3.05, 3.63) is 65.3 Å². The largest absolute Gasteiger partial charge is 0.381 e. The predicted molar refractivity (Wildman–Crippen MR) is 99.8 cm³/mol. The first-order valence-electron chi connectivity index (χ1n) is 8.76. The van der Waals surface area contributed by atoms with Gasteiger partial charge in [0.25, 0.3) is 5.89 Å². The van der Waals surface area contributed by atoms with E-state index < -0.39 is 0 Å². The van der Waals surface area contributed by atoms with E-state index in [0.29, 0.717) is 19.1 Å². The second kappa shape index (κ2) is 6.71. The zero-order chi connectivity index (χ0) is 18.1. The third-order valence-electron chi connectivity index (χ3n) is 4.95. The number of imidazole rings is 1. The van der Waals surface area contributed by atoms with Crippen LogP contribution in [0.25, 0.3) is 17.3 Å². The van der Waals surface area contributed by atoms with Crippen molar-refractivity contribution in [1.82, 2.24) is 24.7 Å². The molecule has 1 aliphatic rings. The molecule has 27 heavy (non-hydrogen) atoms. The Bertz CT molecular complexity index is 1020. The molecule has 136 valence electrons. The van der Waals surface area contributed by atoms with E-state index in [1.54, 1.807) is 30.1 Å². The molecule has 0 unspecified atom stereocenters. The Kier molecular flexibility index (Phi) is 4.06. The van der Waals surface area contributed by atoms with E-state index in [0.717, 1.165) is 30.0 Å². The van der Waals surface area contributed by atoms with Gasteiger partial charge in [0.1, 0.15) is 12.1 Å². The number of nitrogens with zero attached hydrogens (tertiary/aromatic N) is 5. The molecule has 0 aromatic carbocycles. The minimum atomic E-state index is -0.242. The van der Waals surface area contributed by atoms with Crippen LogP contribution in [0.5, 0.6) is 0 Å². The first kappa shape index (κ1) is 16.3. The molecule has 0 N–H and O–H groups in total. The SMILES string of the molecule is c1csc(C2(c3noc(-c4ccnc(-n5ccnc5)c4)n3)CCOCC2)c1. The Morgan fingerprint density at radius 2 is 2.07 bits per heavy atom. The Hall–Kier alpha value is -2.84. The lowest BCUT2D eigenvalue weighted by atomic mass is 9.78. The average Bonchev–Trinajstić information content (AvgIpc) is 3.51. The van der Waals surface area contributed by atoms with Gasteiger partial charge in [-0.05, 0) is 36.4 Å². The quantitative estimate of drug-likeness (QED) is 0.540. The van der Waals surface area contributed by atoms with Crippen molar-refractivity contribution in [1.29, 1.82) is 0 Å². The molecule has 0 atom stereocenters. The highest BCUT2D eigenvalue weighted by atomic mass is 32.1. The minimum absolute atomic E-state index is 0.242. The molecule has 7 nitrogen and oxygen atoms in total. The molecule has 4 aromatic heterocycles. The van der Waals surface area contributed by atoms with Gasteiger partial charge in [-0.25, -0.2) is 9.97 Å². The topological polar surface area (TPSA) is 78.9 Å². The molecule has 5 heterocycles. The first-order valence-corrected chi connectivity index (χ1v) is 9.64. The van der Waals surface area contributed by atoms with Crippen molar-refractivity contribution in [2.75, 3.05) is 13.2 Å². The van der Waals surface area contributed by atoms with Crippen LogP contribution < -0.4 is 0 Å². The number of aromatic nitrogens is 5. The summed E-state index contributed by atoms with van der Waals surface area (Å²) >= 11 is 1.73. The van der Waals surface area contributed by atoms with E-state index in [4.69, 9.17) is 14.2 Å². The lowest BCUT2D eigenvalue weighted by Crippen LogP contribution is -2.35. The van der Waals surface area contributed by atoms with Gasteiger partial charge in [0.15, 0.2) is 5.82 Å². The van der Waals surface area contributed by atoms with Crippen LogP contribution in [0.4, 0.5) is 0 Å². The number of pyridine rings is 1. The summed E-state index contributed by atoms with van der Waals surface area (Å²) in [5.41, 5.74) is 0.592. The maximum atomic E-state index is 5.65. The van der Waals surface area contributed by atoms with Gasteiger partial charge in [0.05, 0.1) is 5.41 Å². The standard InChI is InChI=1S/C19H17N5O2S/c1-2-15(27-11-1)19(4-9-25-10-5-19)18-22-17(26-23-18)14-3-6-21-16(12-14)24-8-7-20-13-24/h1-3,6-8,11-13H,4-5,9-10H2. The summed E-state index contributed by atoms with van der Waals surface area (Å²) in [4.78, 5) is 14.5. The number of ether oxygens (including phenoxy) is 1. The molecular formula is C19H17N5O2S. The van der Waals surface area contributed by atoms with E-state index in [2.05, 4.69) is 32.6 Å². The van der Waals surface area contributed by atoms with E-state index >= 15 is 0 Å². The van der Waals surface area contributed by atoms with Gasteiger partial charge in [-0.1, -0.05) is 11.2 Å². The molecule has 0 amide bonds. The van der Waals surface area contributed by atoms with Gasteiger partial charge in [-0.3, -0.25) is 4.57 Å². The van der Waals surface area contributed by atoms with Crippen molar-refractivity contribution >= 4 is 11.3 Å². The number of thiophene rings is 1. The Morgan fingerprint density at radius 3 is 2.85 bits per heavy atom. The third kappa shape index (κ3) is 2.87. The molecule has 1 saturated heterocycles. The Balaban J connectivity index is 1.53. The highest BCUT2D eigenvalue weighted by molar-refractivity contribution is 7.10. The van der Waals surface area contributed by atoms with Crippen molar-refractivity contribution in [3.8, 4) is 17.3 Å². The van der Waals surface area contributed by atoms with Crippen molar-refractivity contribution in [2.45, 2.75) is 18.3 Å². The average molecular weight is 379 g/mol. The Labute approximate surface area is 159 Å². The molecule has 0 bridgehead atoms. The van der Waals surface area contributed by atoms with Crippen LogP contribution in [0.2, 0.25) is 0 Å². The first-order chi connectivity index (χ1) is 13.4. The van der Waals surface area contributed by atoms with E-state index in [-0.39, 0.29) is 5.41 Å². The van der Waals surface area contributed by atoms with Gasteiger partial charge < -0.3 is 9.26 Å². The second-order valence-corrected chi connectivity index (χ2v) is 7.42. The molecule has 0 radical (unpaired) electrons. The molecule has 5 rings (SSSR count). The molecule has 0 saturated carbocycles. The summed E-state index contributed by atoms with van der Waals surface area (Å²) < 4.78 is 13.1. The summed E-state index contributed by atoms with van der Waals surface area (Å²) in [5, 5.41) is 6.45. The van der Waals surface area contributed by atoms with Gasteiger partial charge in [-0.2, -0.15) is 4.98 Å². The molecule has 8 heteroatoms. The highest BCUT2D eigenvalue weighted by Gasteiger charge is 2.41. The van der Waals surface area contributed by atoms with Crippen LogP contribution in [0.15, 0.2) is 59.1 Å². The second-order valence-electron chi connectivity index (χ2n) is 6.47. The van der Waals surface area contributed by atoms with Gasteiger partial charge in [-0.15, -0.1) is 11.3 Å². The monoisotopic (exact) mass is 379 g/mol. The predicted octanol–water partition coefficient (Wildman–Crippen LogP) is 3.48. The van der Waals surface area contributed by atoms with Crippen LogP contribution in [0.1, 0.15) is 23.5 Å². The maximum absolute atomic E-state index is 5.65. The zero-order valence-corrected chi connectivity index (χ0v) is 15.3. The summed E-state index contributed by atoms with van der Waals surface area (Å²) in [6.45, 7) is 1.39. The van der Waals surface area contributed by atoms with Gasteiger partial charge in [0, 0.05) is 42.2 Å². The maximum Gasteiger partial charge on any atom is 0.258 e. The molecule has 4 aromatic rings. The fraction of sp³-hybridized carbons (Fsp3) is 0.263. The Morgan fingerprint density at radius 1 is 1.15 bits per heavy atom. The summed E-state index contributed by atoms with van der Waals surface area (Å²) in [6, 6.07) is 8.01. The molecular weight excluding hydrogens is 362 g/mol.